The molecule has 0 atom stereocenters. The maximum Gasteiger partial charge on any atom is 0.194 e. The Hall–Kier alpha value is -1.85. The molecule has 5 nitrogen and oxygen atoms in total. The van der Waals surface area contributed by atoms with E-state index >= 15 is 0 Å². The van der Waals surface area contributed by atoms with Crippen LogP contribution in [-0.4, -0.2) is 74.8 Å². The Morgan fingerprint density at radius 3 is 2.54 bits per heavy atom. The van der Waals surface area contributed by atoms with E-state index in [1.807, 2.05) is 0 Å². The lowest BCUT2D eigenvalue weighted by Crippen LogP contribution is -2.53. The molecule has 2 fully saturated rings. The largest absolute Gasteiger partial charge is 0.380 e. The number of rotatable bonds is 6. The molecule has 1 aromatic carbocycles. The van der Waals surface area contributed by atoms with E-state index in [-0.39, 0.29) is 5.41 Å². The summed E-state index contributed by atoms with van der Waals surface area (Å²) in [4.78, 5) is 9.77. The Kier molecular flexibility index (Phi) is 6.69. The quantitative estimate of drug-likeness (QED) is 0.627. The zero-order chi connectivity index (χ0) is 18.2. The summed E-state index contributed by atoms with van der Waals surface area (Å²) in [5, 5.41) is 3.46. The van der Waals surface area contributed by atoms with Crippen molar-refractivity contribution in [1.29, 1.82) is 0 Å². The minimum Gasteiger partial charge on any atom is -0.380 e. The maximum absolute atomic E-state index is 5.34. The summed E-state index contributed by atoms with van der Waals surface area (Å²) in [5.74, 6) is 1.06. The first kappa shape index (κ1) is 18.9. The lowest BCUT2D eigenvalue weighted by molar-refractivity contribution is -0.0946. The van der Waals surface area contributed by atoms with Gasteiger partial charge in [-0.05, 0) is 12.5 Å². The van der Waals surface area contributed by atoms with Gasteiger partial charge in [-0.15, -0.1) is 0 Å². The van der Waals surface area contributed by atoms with Crippen LogP contribution in [0.1, 0.15) is 19.4 Å². The molecule has 0 aliphatic carbocycles. The highest BCUT2D eigenvalue weighted by atomic mass is 16.5. The van der Waals surface area contributed by atoms with Gasteiger partial charge in [-0.25, -0.2) is 0 Å². The lowest BCUT2D eigenvalue weighted by atomic mass is 9.89. The van der Waals surface area contributed by atoms with Crippen molar-refractivity contribution in [3.05, 3.63) is 42.0 Å². The molecule has 142 valence electrons. The minimum absolute atomic E-state index is 0.227. The fourth-order valence-electron chi connectivity index (χ4n) is 3.28. The molecule has 2 aliphatic heterocycles. The zero-order valence-electron chi connectivity index (χ0n) is 16.2. The molecule has 0 amide bonds. The Bertz CT molecular complexity index is 602. The van der Waals surface area contributed by atoms with Gasteiger partial charge < -0.3 is 15.0 Å². The first-order chi connectivity index (χ1) is 12.7. The number of piperazine rings is 1. The fraction of sp³-hybridized carbons (Fsp3) is 0.571. The third-order valence-electron chi connectivity index (χ3n) is 4.99. The number of benzene rings is 1. The summed E-state index contributed by atoms with van der Waals surface area (Å²) in [6.45, 7) is 13.0. The van der Waals surface area contributed by atoms with Crippen LogP contribution in [0.2, 0.25) is 0 Å². The highest BCUT2D eigenvalue weighted by Gasteiger charge is 2.33. The van der Waals surface area contributed by atoms with E-state index in [1.54, 1.807) is 0 Å². The molecule has 0 spiro atoms. The Labute approximate surface area is 157 Å². The topological polar surface area (TPSA) is 40.1 Å². The number of guanidine groups is 1. The molecule has 0 aromatic heterocycles. The van der Waals surface area contributed by atoms with Crippen LogP contribution < -0.4 is 5.32 Å². The molecular weight excluding hydrogens is 324 g/mol. The second kappa shape index (κ2) is 9.19. The molecule has 26 heavy (non-hydrogen) atoms. The normalized spacial score (nSPS) is 21.0. The van der Waals surface area contributed by atoms with E-state index in [0.29, 0.717) is 0 Å². The first-order valence-corrected chi connectivity index (χ1v) is 9.73. The van der Waals surface area contributed by atoms with E-state index in [4.69, 9.17) is 9.73 Å². The molecule has 0 saturated carbocycles. The number of hydrogen-bond donors (Lipinski definition) is 1. The van der Waals surface area contributed by atoms with Gasteiger partial charge in [0.1, 0.15) is 0 Å². The summed E-state index contributed by atoms with van der Waals surface area (Å²) in [7, 11) is 0. The monoisotopic (exact) mass is 356 g/mol. The van der Waals surface area contributed by atoms with Crippen LogP contribution in [0, 0.1) is 5.41 Å². The Morgan fingerprint density at radius 2 is 1.92 bits per heavy atom. The second-order valence-corrected chi connectivity index (χ2v) is 7.57. The summed E-state index contributed by atoms with van der Waals surface area (Å²) in [6, 6.07) is 10.5. The molecule has 2 saturated heterocycles. The minimum atomic E-state index is 0.227. The number of ether oxygens (including phenoxy) is 1. The van der Waals surface area contributed by atoms with E-state index in [9.17, 15) is 0 Å². The van der Waals surface area contributed by atoms with Crippen molar-refractivity contribution >= 4 is 12.0 Å². The van der Waals surface area contributed by atoms with Crippen molar-refractivity contribution in [2.75, 3.05) is 59.0 Å². The average Bonchev–Trinajstić information content (AvgIpc) is 2.65. The summed E-state index contributed by atoms with van der Waals surface area (Å²) < 4.78 is 5.34. The Morgan fingerprint density at radius 1 is 1.19 bits per heavy atom. The number of nitrogens with zero attached hydrogens (tertiary/aromatic N) is 3. The van der Waals surface area contributed by atoms with E-state index in [1.165, 1.54) is 5.56 Å². The molecule has 2 aliphatic rings. The predicted octanol–water partition coefficient (Wildman–Crippen LogP) is 2.32. The van der Waals surface area contributed by atoms with Crippen molar-refractivity contribution in [2.24, 2.45) is 10.4 Å². The van der Waals surface area contributed by atoms with Crippen LogP contribution in [0.25, 0.3) is 6.08 Å². The van der Waals surface area contributed by atoms with E-state index in [0.717, 1.165) is 65.0 Å². The van der Waals surface area contributed by atoms with Crippen LogP contribution in [-0.2, 0) is 4.74 Å². The van der Waals surface area contributed by atoms with E-state index in [2.05, 4.69) is 71.4 Å². The maximum atomic E-state index is 5.34. The van der Waals surface area contributed by atoms with Gasteiger partial charge in [0.25, 0.3) is 0 Å². The summed E-state index contributed by atoms with van der Waals surface area (Å²) in [6.07, 6.45) is 4.47. The predicted molar refractivity (Wildman–Crippen MR) is 108 cm³/mol. The Balaban J connectivity index is 1.46. The number of aliphatic imine (C=N–C) groups is 1. The van der Waals surface area contributed by atoms with Gasteiger partial charge >= 0.3 is 0 Å². The molecule has 0 unspecified atom stereocenters. The highest BCUT2D eigenvalue weighted by Crippen LogP contribution is 2.26. The fourth-order valence-corrected chi connectivity index (χ4v) is 3.28. The van der Waals surface area contributed by atoms with Crippen molar-refractivity contribution in [2.45, 2.75) is 13.8 Å². The van der Waals surface area contributed by atoms with Gasteiger partial charge in [0.15, 0.2) is 5.96 Å². The second-order valence-electron chi connectivity index (χ2n) is 7.57. The van der Waals surface area contributed by atoms with E-state index < -0.39 is 0 Å². The van der Waals surface area contributed by atoms with Crippen LogP contribution >= 0.6 is 0 Å². The molecule has 0 radical (unpaired) electrons. The smallest absolute Gasteiger partial charge is 0.194 e. The molecule has 1 N–H and O–H groups in total. The first-order valence-electron chi connectivity index (χ1n) is 9.73. The molecule has 1 aromatic rings. The van der Waals surface area contributed by atoms with Crippen molar-refractivity contribution in [3.63, 3.8) is 0 Å². The SMILES string of the molecule is CCNC(=NCC1(C)COC1)N1CCN(C/C=C/c2ccccc2)CC1. The summed E-state index contributed by atoms with van der Waals surface area (Å²) in [5.41, 5.74) is 1.49. The lowest BCUT2D eigenvalue weighted by Gasteiger charge is -2.38. The third kappa shape index (κ3) is 5.32. The van der Waals surface area contributed by atoms with Crippen LogP contribution in [0.4, 0.5) is 0 Å². The average molecular weight is 357 g/mol. The van der Waals surface area contributed by atoms with Gasteiger partial charge in [0.2, 0.25) is 0 Å². The van der Waals surface area contributed by atoms with Crippen LogP contribution in [0.5, 0.6) is 0 Å². The molecule has 5 heteroatoms. The molecule has 2 heterocycles. The highest BCUT2D eigenvalue weighted by molar-refractivity contribution is 5.80. The number of nitrogens with one attached hydrogen (secondary N) is 1. The van der Waals surface area contributed by atoms with Crippen molar-refractivity contribution in [3.8, 4) is 0 Å². The molecule has 3 rings (SSSR count). The van der Waals surface area contributed by atoms with Crippen LogP contribution in [0.3, 0.4) is 0 Å². The molecule has 0 bridgehead atoms. The van der Waals surface area contributed by atoms with Gasteiger partial charge in [-0.1, -0.05) is 49.4 Å². The van der Waals surface area contributed by atoms with Gasteiger partial charge in [-0.3, -0.25) is 9.89 Å². The standard InChI is InChI=1S/C21H32N4O/c1-3-22-20(23-16-21(2)17-26-18-21)25-14-12-24(13-15-25)11-7-10-19-8-5-4-6-9-19/h4-10H,3,11-18H2,1-2H3,(H,22,23)/b10-7+. The van der Waals surface area contributed by atoms with Gasteiger partial charge in [0, 0.05) is 44.7 Å². The van der Waals surface area contributed by atoms with Crippen LogP contribution in [0.15, 0.2) is 41.4 Å². The van der Waals surface area contributed by atoms with Gasteiger partial charge in [-0.2, -0.15) is 0 Å². The van der Waals surface area contributed by atoms with Gasteiger partial charge in [0.05, 0.1) is 19.8 Å². The molecular formula is C21H32N4O. The number of hydrogen-bond acceptors (Lipinski definition) is 3. The van der Waals surface area contributed by atoms with Crippen molar-refractivity contribution in [1.82, 2.24) is 15.1 Å². The third-order valence-corrected chi connectivity index (χ3v) is 4.99. The zero-order valence-corrected chi connectivity index (χ0v) is 16.2. The van der Waals surface area contributed by atoms with Crippen molar-refractivity contribution < 1.29 is 4.74 Å². The summed E-state index contributed by atoms with van der Waals surface area (Å²) >= 11 is 0.